The van der Waals surface area contributed by atoms with E-state index in [4.69, 9.17) is 4.74 Å². The summed E-state index contributed by atoms with van der Waals surface area (Å²) in [5.74, 6) is 0.810. The van der Waals surface area contributed by atoms with Crippen molar-refractivity contribution in [2.24, 2.45) is 0 Å². The van der Waals surface area contributed by atoms with Gasteiger partial charge in [-0.1, -0.05) is 12.1 Å². The topological polar surface area (TPSA) is 53.6 Å². The highest BCUT2D eigenvalue weighted by molar-refractivity contribution is 7.16. The molecule has 0 fully saturated rings. The van der Waals surface area contributed by atoms with Gasteiger partial charge in [0.1, 0.15) is 16.9 Å². The smallest absolute Gasteiger partial charge is 0.256 e. The predicted molar refractivity (Wildman–Crippen MR) is 91.2 cm³/mol. The SMILES string of the molecule is COc1cccc(C2NC(=O)c3c(sc4c3CCN(C)C4)N2)c1. The number of fused-ring (bicyclic) bond motifs is 3. The van der Waals surface area contributed by atoms with Gasteiger partial charge in [0.15, 0.2) is 0 Å². The second kappa shape index (κ2) is 5.54. The van der Waals surface area contributed by atoms with Gasteiger partial charge < -0.3 is 20.3 Å². The minimum atomic E-state index is -0.220. The number of benzene rings is 1. The zero-order valence-electron chi connectivity index (χ0n) is 13.2. The number of amides is 1. The largest absolute Gasteiger partial charge is 0.497 e. The summed E-state index contributed by atoms with van der Waals surface area (Å²) in [4.78, 5) is 16.2. The standard InChI is InChI=1S/C17H19N3O2S/c1-20-7-6-12-13(9-20)23-17-14(12)16(21)18-15(19-17)10-4-3-5-11(8-10)22-2/h3-5,8,15,19H,6-7,9H2,1-2H3,(H,18,21). The first-order chi connectivity index (χ1) is 11.2. The van der Waals surface area contributed by atoms with E-state index in [0.717, 1.165) is 41.4 Å². The molecule has 3 heterocycles. The highest BCUT2D eigenvalue weighted by atomic mass is 32.1. The monoisotopic (exact) mass is 329 g/mol. The Hall–Kier alpha value is -2.05. The molecule has 23 heavy (non-hydrogen) atoms. The van der Waals surface area contributed by atoms with Crippen LogP contribution < -0.4 is 15.4 Å². The fraction of sp³-hybridized carbons (Fsp3) is 0.353. The molecule has 1 unspecified atom stereocenters. The number of carbonyl (C=O) groups is 1. The number of nitrogens with one attached hydrogen (secondary N) is 2. The quantitative estimate of drug-likeness (QED) is 0.889. The molecule has 1 aromatic carbocycles. The van der Waals surface area contributed by atoms with E-state index in [9.17, 15) is 4.79 Å². The molecule has 0 bridgehead atoms. The van der Waals surface area contributed by atoms with Crippen LogP contribution in [-0.4, -0.2) is 31.5 Å². The fourth-order valence-electron chi connectivity index (χ4n) is 3.23. The highest BCUT2D eigenvalue weighted by Crippen LogP contribution is 2.40. The lowest BCUT2D eigenvalue weighted by atomic mass is 10.0. The third kappa shape index (κ3) is 2.48. The third-order valence-electron chi connectivity index (χ3n) is 4.45. The van der Waals surface area contributed by atoms with Crippen molar-refractivity contribution in [1.82, 2.24) is 10.2 Å². The van der Waals surface area contributed by atoms with E-state index in [2.05, 4.69) is 22.6 Å². The van der Waals surface area contributed by atoms with Crippen molar-refractivity contribution < 1.29 is 9.53 Å². The number of likely N-dealkylation sites (N-methyl/N-ethyl adjacent to an activating group) is 1. The van der Waals surface area contributed by atoms with Gasteiger partial charge in [-0.2, -0.15) is 0 Å². The Labute approximate surface area is 139 Å². The van der Waals surface area contributed by atoms with Gasteiger partial charge in [-0.3, -0.25) is 4.79 Å². The van der Waals surface area contributed by atoms with E-state index >= 15 is 0 Å². The summed E-state index contributed by atoms with van der Waals surface area (Å²) in [5, 5.41) is 7.54. The summed E-state index contributed by atoms with van der Waals surface area (Å²) in [7, 11) is 3.77. The molecular formula is C17H19N3O2S. The summed E-state index contributed by atoms with van der Waals surface area (Å²) in [6.45, 7) is 1.93. The van der Waals surface area contributed by atoms with E-state index in [1.807, 2.05) is 24.3 Å². The van der Waals surface area contributed by atoms with Crippen LogP contribution in [0.5, 0.6) is 5.75 Å². The van der Waals surface area contributed by atoms with E-state index in [-0.39, 0.29) is 12.1 Å². The lowest BCUT2D eigenvalue weighted by Gasteiger charge is -2.27. The van der Waals surface area contributed by atoms with E-state index in [0.29, 0.717) is 0 Å². The summed E-state index contributed by atoms with van der Waals surface area (Å²) in [6, 6.07) is 7.78. The minimum absolute atomic E-state index is 0.0219. The van der Waals surface area contributed by atoms with Crippen LogP contribution in [-0.2, 0) is 13.0 Å². The van der Waals surface area contributed by atoms with Crippen LogP contribution >= 0.6 is 11.3 Å². The van der Waals surface area contributed by atoms with Crippen LogP contribution in [0, 0.1) is 0 Å². The first kappa shape index (κ1) is 14.5. The molecule has 120 valence electrons. The Kier molecular flexibility index (Phi) is 3.50. The Morgan fingerprint density at radius 3 is 3.04 bits per heavy atom. The van der Waals surface area contributed by atoms with Crippen molar-refractivity contribution in [3.63, 3.8) is 0 Å². The molecule has 1 amide bonds. The maximum Gasteiger partial charge on any atom is 0.256 e. The maximum absolute atomic E-state index is 12.6. The number of rotatable bonds is 2. The molecule has 2 aliphatic rings. The number of hydrogen-bond acceptors (Lipinski definition) is 5. The lowest BCUT2D eigenvalue weighted by Crippen LogP contribution is -2.38. The molecule has 0 radical (unpaired) electrons. The molecule has 5 nitrogen and oxygen atoms in total. The maximum atomic E-state index is 12.6. The van der Waals surface area contributed by atoms with Gasteiger partial charge in [0.25, 0.3) is 5.91 Å². The molecule has 2 aliphatic heterocycles. The van der Waals surface area contributed by atoms with E-state index in [1.54, 1.807) is 18.4 Å². The number of nitrogens with zero attached hydrogens (tertiary/aromatic N) is 1. The van der Waals surface area contributed by atoms with E-state index < -0.39 is 0 Å². The minimum Gasteiger partial charge on any atom is -0.497 e. The first-order valence-corrected chi connectivity index (χ1v) is 8.52. The molecule has 0 saturated carbocycles. The van der Waals surface area contributed by atoms with Crippen molar-refractivity contribution in [3.05, 3.63) is 45.8 Å². The van der Waals surface area contributed by atoms with Gasteiger partial charge >= 0.3 is 0 Å². The molecule has 1 atom stereocenters. The average molecular weight is 329 g/mol. The molecule has 1 aromatic heterocycles. The van der Waals surface area contributed by atoms with E-state index in [1.165, 1.54) is 10.4 Å². The number of thiophene rings is 1. The second-order valence-electron chi connectivity index (χ2n) is 6.02. The fourth-order valence-corrected chi connectivity index (χ4v) is 4.58. The zero-order chi connectivity index (χ0) is 16.0. The van der Waals surface area contributed by atoms with Gasteiger partial charge in [0.2, 0.25) is 0 Å². The molecule has 2 aromatic rings. The number of hydrogen-bond donors (Lipinski definition) is 2. The Morgan fingerprint density at radius 1 is 1.35 bits per heavy atom. The average Bonchev–Trinajstić information content (AvgIpc) is 2.92. The molecule has 4 rings (SSSR count). The van der Waals surface area contributed by atoms with Crippen LogP contribution in [0.1, 0.15) is 32.5 Å². The van der Waals surface area contributed by atoms with Crippen molar-refractivity contribution in [1.29, 1.82) is 0 Å². The number of ether oxygens (including phenoxy) is 1. The Balaban J connectivity index is 1.68. The van der Waals surface area contributed by atoms with Gasteiger partial charge in [-0.15, -0.1) is 11.3 Å². The van der Waals surface area contributed by atoms with Crippen LogP contribution in [0.25, 0.3) is 0 Å². The lowest BCUT2D eigenvalue weighted by molar-refractivity contribution is 0.0935. The molecule has 0 spiro atoms. The summed E-state index contributed by atoms with van der Waals surface area (Å²) in [5.41, 5.74) is 3.06. The molecule has 0 saturated heterocycles. The highest BCUT2D eigenvalue weighted by Gasteiger charge is 2.32. The van der Waals surface area contributed by atoms with Gasteiger partial charge in [0.05, 0.1) is 12.7 Å². The summed E-state index contributed by atoms with van der Waals surface area (Å²) < 4.78 is 5.28. The van der Waals surface area contributed by atoms with Gasteiger partial charge in [0, 0.05) is 18.0 Å². The van der Waals surface area contributed by atoms with Gasteiger partial charge in [-0.25, -0.2) is 0 Å². The normalized spacial score (nSPS) is 20.3. The molecule has 0 aliphatic carbocycles. The van der Waals surface area contributed by atoms with Gasteiger partial charge in [-0.05, 0) is 36.7 Å². The first-order valence-electron chi connectivity index (χ1n) is 7.70. The Morgan fingerprint density at radius 2 is 2.22 bits per heavy atom. The third-order valence-corrected chi connectivity index (χ3v) is 5.60. The van der Waals surface area contributed by atoms with Crippen molar-refractivity contribution in [2.75, 3.05) is 26.0 Å². The van der Waals surface area contributed by atoms with Crippen LogP contribution in [0.15, 0.2) is 24.3 Å². The van der Waals surface area contributed by atoms with Crippen molar-refractivity contribution in [2.45, 2.75) is 19.1 Å². The zero-order valence-corrected chi connectivity index (χ0v) is 14.0. The Bertz CT molecular complexity index is 771. The molecular weight excluding hydrogens is 310 g/mol. The van der Waals surface area contributed by atoms with Crippen LogP contribution in [0.4, 0.5) is 5.00 Å². The molecule has 2 N–H and O–H groups in total. The predicted octanol–water partition coefficient (Wildman–Crippen LogP) is 2.60. The number of methoxy groups -OCH3 is 1. The van der Waals surface area contributed by atoms with Crippen molar-refractivity contribution in [3.8, 4) is 5.75 Å². The second-order valence-corrected chi connectivity index (χ2v) is 7.13. The summed E-state index contributed by atoms with van der Waals surface area (Å²) >= 11 is 1.71. The summed E-state index contributed by atoms with van der Waals surface area (Å²) in [6.07, 6.45) is 0.722. The number of carbonyl (C=O) groups excluding carboxylic acids is 1. The molecule has 6 heteroatoms. The van der Waals surface area contributed by atoms with Crippen molar-refractivity contribution >= 4 is 22.2 Å². The number of anilines is 1. The van der Waals surface area contributed by atoms with Crippen LogP contribution in [0.3, 0.4) is 0 Å². The van der Waals surface area contributed by atoms with Crippen LogP contribution in [0.2, 0.25) is 0 Å².